The second-order valence-electron chi connectivity index (χ2n) is 6.96. The molecule has 27 heavy (non-hydrogen) atoms. The molecule has 0 aromatic heterocycles. The molecule has 4 amide bonds. The van der Waals surface area contributed by atoms with Crippen LogP contribution in [0.5, 0.6) is 0 Å². The molecule has 0 aromatic carbocycles. The zero-order chi connectivity index (χ0) is 19.7. The summed E-state index contributed by atoms with van der Waals surface area (Å²) in [6.07, 6.45) is 0. The molecule has 2 fully saturated rings. The summed E-state index contributed by atoms with van der Waals surface area (Å²) in [5.74, 6) is -0.0847. The minimum absolute atomic E-state index is 0.134. The number of carbonyl (C=O) groups excluding carboxylic acids is 3. The lowest BCUT2D eigenvalue weighted by Gasteiger charge is -2.33. The van der Waals surface area contributed by atoms with E-state index in [1.165, 1.54) is 11.9 Å². The van der Waals surface area contributed by atoms with E-state index < -0.39 is 23.9 Å². The molecule has 3 aliphatic rings. The van der Waals surface area contributed by atoms with E-state index >= 15 is 0 Å². The number of carbonyl (C=O) groups is 3. The van der Waals surface area contributed by atoms with Gasteiger partial charge in [0.2, 0.25) is 0 Å². The Morgan fingerprint density at radius 2 is 1.81 bits per heavy atom. The van der Waals surface area contributed by atoms with Crippen LogP contribution in [0.25, 0.3) is 0 Å². The molecule has 3 rings (SSSR count). The fourth-order valence-corrected chi connectivity index (χ4v) is 3.64. The number of rotatable bonds is 6. The maximum Gasteiger partial charge on any atom is 0.333 e. The van der Waals surface area contributed by atoms with E-state index in [0.717, 1.165) is 31.1 Å². The fraction of sp³-hybridized carbons (Fsp3) is 0.688. The number of primary amides is 1. The summed E-state index contributed by atoms with van der Waals surface area (Å²) in [7, 11) is 2.98. The molecule has 0 radical (unpaired) electrons. The van der Waals surface area contributed by atoms with E-state index in [0.29, 0.717) is 24.8 Å². The zero-order valence-corrected chi connectivity index (χ0v) is 15.7. The molecule has 11 nitrogen and oxygen atoms in total. The number of piperazine rings is 1. The predicted octanol–water partition coefficient (Wildman–Crippen LogP) is -3.20. The topological polar surface area (TPSA) is 126 Å². The van der Waals surface area contributed by atoms with E-state index in [9.17, 15) is 14.4 Å². The molecule has 3 heterocycles. The maximum absolute atomic E-state index is 12.7. The molecule has 3 aliphatic heterocycles. The molecule has 1 unspecified atom stereocenters. The van der Waals surface area contributed by atoms with Crippen molar-refractivity contribution in [1.29, 1.82) is 0 Å². The first-order valence-corrected chi connectivity index (χ1v) is 8.93. The molecule has 1 atom stereocenters. The summed E-state index contributed by atoms with van der Waals surface area (Å²) in [5, 5.41) is 9.05. The number of amides is 4. The summed E-state index contributed by atoms with van der Waals surface area (Å²) in [6.45, 7) is 4.31. The first-order chi connectivity index (χ1) is 12.8. The highest BCUT2D eigenvalue weighted by atomic mass is 16.3. The first-order valence-electron chi connectivity index (χ1n) is 8.93. The van der Waals surface area contributed by atoms with Crippen LogP contribution in [0.15, 0.2) is 4.99 Å². The van der Waals surface area contributed by atoms with Crippen LogP contribution in [0, 0.1) is 0 Å². The lowest BCUT2D eigenvalue weighted by atomic mass is 10.1. The van der Waals surface area contributed by atoms with Gasteiger partial charge in [0, 0.05) is 46.8 Å². The number of β-amino-alcohol motifs (C(OH)–C–C–N with tert-alkyl or cyclic N) is 1. The highest BCUT2D eigenvalue weighted by Gasteiger charge is 2.53. The summed E-state index contributed by atoms with van der Waals surface area (Å²) in [4.78, 5) is 47.7. The second-order valence-corrected chi connectivity index (χ2v) is 6.96. The van der Waals surface area contributed by atoms with Gasteiger partial charge in [-0.3, -0.25) is 29.2 Å². The Labute approximate surface area is 157 Å². The average Bonchev–Trinajstić information content (AvgIpc) is 2.97. The molecular weight excluding hydrogens is 354 g/mol. The highest BCUT2D eigenvalue weighted by molar-refractivity contribution is 6.23. The first kappa shape index (κ1) is 19.4. The number of urea groups is 1. The SMILES string of the molecule is CN1C(=O)C2C(=NC(CN3CCN(CCO)CC3)=[N+]2CC(N)=O)N(C)C1=O. The van der Waals surface area contributed by atoms with E-state index in [-0.39, 0.29) is 13.2 Å². The number of aliphatic hydroxyl groups is 1. The van der Waals surface area contributed by atoms with Crippen molar-refractivity contribution in [2.45, 2.75) is 6.04 Å². The largest absolute Gasteiger partial charge is 0.395 e. The Morgan fingerprint density at radius 3 is 2.41 bits per heavy atom. The summed E-state index contributed by atoms with van der Waals surface area (Å²) < 4.78 is 1.60. The summed E-state index contributed by atoms with van der Waals surface area (Å²) in [6, 6.07) is -1.26. The molecule has 3 N–H and O–H groups in total. The van der Waals surface area contributed by atoms with Crippen LogP contribution in [0.3, 0.4) is 0 Å². The van der Waals surface area contributed by atoms with Crippen LogP contribution >= 0.6 is 0 Å². The number of likely N-dealkylation sites (N-methyl/N-ethyl adjacent to an activating group) is 2. The second kappa shape index (κ2) is 7.71. The zero-order valence-electron chi connectivity index (χ0n) is 15.7. The van der Waals surface area contributed by atoms with E-state index in [1.807, 2.05) is 0 Å². The van der Waals surface area contributed by atoms with E-state index in [1.54, 1.807) is 11.6 Å². The number of amidine groups is 2. The predicted molar refractivity (Wildman–Crippen MR) is 96.4 cm³/mol. The van der Waals surface area contributed by atoms with Crippen LogP contribution in [-0.4, -0.2) is 131 Å². The number of hydrogen-bond donors (Lipinski definition) is 2. The van der Waals surface area contributed by atoms with Crippen LogP contribution in [0.4, 0.5) is 4.79 Å². The van der Waals surface area contributed by atoms with Crippen molar-refractivity contribution in [1.82, 2.24) is 19.6 Å². The Morgan fingerprint density at radius 1 is 1.19 bits per heavy atom. The van der Waals surface area contributed by atoms with Gasteiger partial charge in [0.25, 0.3) is 23.7 Å². The number of nitrogens with zero attached hydrogens (tertiary/aromatic N) is 6. The van der Waals surface area contributed by atoms with Crippen molar-refractivity contribution in [3.63, 3.8) is 0 Å². The molecule has 0 aliphatic carbocycles. The van der Waals surface area contributed by atoms with Crippen molar-refractivity contribution in [2.24, 2.45) is 10.7 Å². The molecule has 11 heteroatoms. The molecule has 148 valence electrons. The fourth-order valence-electron chi connectivity index (χ4n) is 3.64. The number of aliphatic hydroxyl groups excluding tert-OH is 1. The summed E-state index contributed by atoms with van der Waals surface area (Å²) in [5.41, 5.74) is 5.39. The van der Waals surface area contributed by atoms with Crippen molar-refractivity contribution >= 4 is 29.5 Å². The van der Waals surface area contributed by atoms with Crippen molar-refractivity contribution in [3.8, 4) is 0 Å². The monoisotopic (exact) mass is 380 g/mol. The molecule has 2 saturated heterocycles. The molecule has 0 bridgehead atoms. The lowest BCUT2D eigenvalue weighted by molar-refractivity contribution is -0.525. The van der Waals surface area contributed by atoms with E-state index in [2.05, 4.69) is 14.8 Å². The molecular formula is C16H26N7O4+. The number of hydrogen-bond acceptors (Lipinski definition) is 7. The Hall–Kier alpha value is -2.37. The highest BCUT2D eigenvalue weighted by Crippen LogP contribution is 2.19. The molecule has 0 saturated carbocycles. The van der Waals surface area contributed by atoms with Crippen molar-refractivity contribution < 1.29 is 24.1 Å². The lowest BCUT2D eigenvalue weighted by Crippen LogP contribution is -2.62. The quantitative estimate of drug-likeness (QED) is 0.468. The van der Waals surface area contributed by atoms with Crippen LogP contribution in [0.2, 0.25) is 0 Å². The van der Waals surface area contributed by atoms with Crippen LogP contribution < -0.4 is 5.73 Å². The van der Waals surface area contributed by atoms with Gasteiger partial charge in [-0.05, 0) is 4.99 Å². The Bertz CT molecular complexity index is 712. The number of nitrogens with two attached hydrogens (primary N) is 1. The van der Waals surface area contributed by atoms with E-state index in [4.69, 9.17) is 10.8 Å². The smallest absolute Gasteiger partial charge is 0.333 e. The molecule has 0 aromatic rings. The normalized spacial score (nSPS) is 24.6. The number of aliphatic imine (C=N–C) groups is 1. The minimum atomic E-state index is -0.809. The number of fused-ring (bicyclic) bond motifs is 1. The van der Waals surface area contributed by atoms with Crippen LogP contribution in [-0.2, 0) is 9.59 Å². The van der Waals surface area contributed by atoms with Gasteiger partial charge >= 0.3 is 11.9 Å². The standard InChI is InChI=1S/C16H25N7O4/c1-19-14-13(15(26)20(2)16(19)27)23(9-11(17)25)12(18-14)10-22-5-3-21(4-6-22)7-8-24/h13,24H,3-10H2,1-2H3,(H-,17,25)/p+1. The van der Waals surface area contributed by atoms with Gasteiger partial charge in [-0.15, -0.1) is 0 Å². The van der Waals surface area contributed by atoms with Gasteiger partial charge in [-0.1, -0.05) is 0 Å². The Kier molecular flexibility index (Phi) is 5.53. The Balaban J connectivity index is 1.82. The average molecular weight is 380 g/mol. The van der Waals surface area contributed by atoms with Gasteiger partial charge in [0.15, 0.2) is 6.54 Å². The maximum atomic E-state index is 12.7. The summed E-state index contributed by atoms with van der Waals surface area (Å²) >= 11 is 0. The third kappa shape index (κ3) is 3.70. The third-order valence-electron chi connectivity index (χ3n) is 5.19. The van der Waals surface area contributed by atoms with Crippen molar-refractivity contribution in [2.75, 3.05) is 66.5 Å². The third-order valence-corrected chi connectivity index (χ3v) is 5.19. The van der Waals surface area contributed by atoms with Crippen LogP contribution in [0.1, 0.15) is 0 Å². The minimum Gasteiger partial charge on any atom is -0.395 e. The van der Waals surface area contributed by atoms with Gasteiger partial charge in [0.05, 0.1) is 6.61 Å². The van der Waals surface area contributed by atoms with Crippen molar-refractivity contribution in [3.05, 3.63) is 0 Å². The molecule has 0 spiro atoms. The van der Waals surface area contributed by atoms with Gasteiger partial charge < -0.3 is 10.8 Å². The van der Waals surface area contributed by atoms with Gasteiger partial charge in [-0.25, -0.2) is 9.37 Å². The van der Waals surface area contributed by atoms with Gasteiger partial charge in [-0.2, -0.15) is 0 Å². The van der Waals surface area contributed by atoms with Gasteiger partial charge in [0.1, 0.15) is 6.54 Å². The number of imide groups is 1.